The lowest BCUT2D eigenvalue weighted by Gasteiger charge is -2.23. The normalized spacial score (nSPS) is 13.6. The third-order valence-electron chi connectivity index (χ3n) is 3.02. The Labute approximate surface area is 116 Å². The van der Waals surface area contributed by atoms with Gasteiger partial charge in [-0.2, -0.15) is 0 Å². The van der Waals surface area contributed by atoms with E-state index >= 15 is 0 Å². The predicted molar refractivity (Wildman–Crippen MR) is 82.1 cm³/mol. The fourth-order valence-corrected chi connectivity index (χ4v) is 2.62. The summed E-state index contributed by atoms with van der Waals surface area (Å²) in [6.07, 6.45) is 2.09. The van der Waals surface area contributed by atoms with Crippen molar-refractivity contribution in [3.63, 3.8) is 0 Å². The molecule has 1 rings (SSSR count). The maximum absolute atomic E-state index is 6.05. The number of thioether (sulfide) groups is 1. The number of hydrogen-bond acceptors (Lipinski definition) is 3. The van der Waals surface area contributed by atoms with Gasteiger partial charge in [0.25, 0.3) is 0 Å². The number of hydrogen-bond donors (Lipinski definition) is 2. The van der Waals surface area contributed by atoms with Crippen LogP contribution in [-0.4, -0.2) is 18.3 Å². The van der Waals surface area contributed by atoms with Crippen molar-refractivity contribution in [2.75, 3.05) is 12.8 Å². The lowest BCUT2D eigenvalue weighted by Crippen LogP contribution is -2.33. The molecule has 0 heterocycles. The summed E-state index contributed by atoms with van der Waals surface area (Å²) in [4.78, 5) is 1.34. The van der Waals surface area contributed by atoms with Crippen molar-refractivity contribution in [3.8, 4) is 0 Å². The molecule has 0 aliphatic rings. The Morgan fingerprint density at radius 3 is 2.33 bits per heavy atom. The molecule has 0 spiro atoms. The Bertz CT molecular complexity index is 341. The summed E-state index contributed by atoms with van der Waals surface area (Å²) in [5, 5.41) is 3.38. The van der Waals surface area contributed by atoms with E-state index in [1.54, 1.807) is 0 Å². The van der Waals surface area contributed by atoms with Gasteiger partial charge in [-0.25, -0.2) is 0 Å². The molecule has 0 aliphatic heterocycles. The molecule has 1 aromatic carbocycles. The maximum atomic E-state index is 6.05. The van der Waals surface area contributed by atoms with Gasteiger partial charge in [0.1, 0.15) is 0 Å². The van der Waals surface area contributed by atoms with Crippen LogP contribution in [0.5, 0.6) is 0 Å². The topological polar surface area (TPSA) is 38.0 Å². The average Bonchev–Trinajstić information content (AvgIpc) is 2.31. The van der Waals surface area contributed by atoms with E-state index in [0.29, 0.717) is 6.04 Å². The van der Waals surface area contributed by atoms with Gasteiger partial charge in [0.15, 0.2) is 0 Å². The van der Waals surface area contributed by atoms with Gasteiger partial charge in [-0.15, -0.1) is 11.8 Å². The molecule has 0 aliphatic carbocycles. The summed E-state index contributed by atoms with van der Waals surface area (Å²) in [6.45, 7) is 6.35. The Balaban J connectivity index is 2.64. The van der Waals surface area contributed by atoms with Gasteiger partial charge in [0.05, 0.1) is 0 Å². The van der Waals surface area contributed by atoms with Crippen LogP contribution >= 0.6 is 11.8 Å². The molecule has 3 heteroatoms. The smallest absolute Gasteiger partial charge is 0.0318 e. The van der Waals surface area contributed by atoms with Crippen molar-refractivity contribution in [3.05, 3.63) is 29.8 Å². The lowest BCUT2D eigenvalue weighted by atomic mass is 9.93. The highest BCUT2D eigenvalue weighted by Crippen LogP contribution is 2.24. The maximum Gasteiger partial charge on any atom is 0.0318 e. The van der Waals surface area contributed by atoms with Crippen molar-refractivity contribution in [2.45, 2.75) is 50.1 Å². The predicted octanol–water partition coefficient (Wildman–Crippen LogP) is 3.58. The van der Waals surface area contributed by atoms with Gasteiger partial charge in [0.2, 0.25) is 0 Å². The fraction of sp³-hybridized carbons (Fsp3) is 0.600. The number of nitrogens with two attached hydrogens (primary N) is 1. The molecule has 1 unspecified atom stereocenters. The Morgan fingerprint density at radius 1 is 1.28 bits per heavy atom. The summed E-state index contributed by atoms with van der Waals surface area (Å²) >= 11 is 1.88. The molecule has 2 nitrogen and oxygen atoms in total. The van der Waals surface area contributed by atoms with Crippen LogP contribution < -0.4 is 11.1 Å². The van der Waals surface area contributed by atoms with Crippen LogP contribution in [0.1, 0.15) is 45.2 Å². The molecule has 0 aromatic heterocycles. The van der Waals surface area contributed by atoms with Gasteiger partial charge < -0.3 is 11.1 Å². The molecule has 102 valence electrons. The summed E-state index contributed by atoms with van der Waals surface area (Å²) in [6, 6.07) is 9.27. The second kappa shape index (κ2) is 7.17. The monoisotopic (exact) mass is 266 g/mol. The Morgan fingerprint density at radius 2 is 1.89 bits per heavy atom. The second-order valence-electron chi connectivity index (χ2n) is 5.37. The van der Waals surface area contributed by atoms with Gasteiger partial charge in [-0.3, -0.25) is 0 Å². The highest BCUT2D eigenvalue weighted by molar-refractivity contribution is 7.99. The molecule has 0 bridgehead atoms. The number of nitrogens with one attached hydrogen (secondary N) is 1. The molecule has 1 aromatic rings. The molecule has 0 saturated carbocycles. The van der Waals surface area contributed by atoms with Crippen LogP contribution in [-0.2, 0) is 0 Å². The third kappa shape index (κ3) is 5.42. The molecule has 18 heavy (non-hydrogen) atoms. The van der Waals surface area contributed by atoms with Crippen LogP contribution in [0.3, 0.4) is 0 Å². The molecule has 3 N–H and O–H groups in total. The average molecular weight is 266 g/mol. The summed E-state index contributed by atoms with van der Waals surface area (Å²) in [5.41, 5.74) is 7.31. The van der Waals surface area contributed by atoms with Crippen LogP contribution in [0.4, 0.5) is 0 Å². The van der Waals surface area contributed by atoms with Gasteiger partial charge in [-0.1, -0.05) is 19.1 Å². The van der Waals surface area contributed by atoms with Crippen LogP contribution in [0.2, 0.25) is 0 Å². The van der Waals surface area contributed by atoms with E-state index in [1.807, 2.05) is 18.8 Å². The first-order valence-electron chi connectivity index (χ1n) is 6.65. The zero-order valence-electron chi connectivity index (χ0n) is 12.0. The van der Waals surface area contributed by atoms with Crippen molar-refractivity contribution in [1.29, 1.82) is 0 Å². The highest BCUT2D eigenvalue weighted by Gasteiger charge is 2.15. The molecule has 0 radical (unpaired) electrons. The van der Waals surface area contributed by atoms with Crippen LogP contribution in [0, 0.1) is 0 Å². The van der Waals surface area contributed by atoms with Crippen molar-refractivity contribution < 1.29 is 0 Å². The third-order valence-corrected chi connectivity index (χ3v) is 3.91. The van der Waals surface area contributed by atoms with Crippen molar-refractivity contribution in [2.24, 2.45) is 5.73 Å². The Kier molecular flexibility index (Phi) is 6.19. The SMILES string of the molecule is CCSc1ccc(C(CCC(C)(C)N)NC)cc1. The van der Waals surface area contributed by atoms with Gasteiger partial charge in [0, 0.05) is 16.5 Å². The van der Waals surface area contributed by atoms with Gasteiger partial charge in [-0.05, 0) is 57.2 Å². The molecule has 0 saturated heterocycles. The first-order chi connectivity index (χ1) is 8.46. The van der Waals surface area contributed by atoms with E-state index < -0.39 is 0 Å². The first-order valence-corrected chi connectivity index (χ1v) is 7.63. The lowest BCUT2D eigenvalue weighted by molar-refractivity contribution is 0.411. The van der Waals surface area contributed by atoms with E-state index in [4.69, 9.17) is 5.73 Å². The second-order valence-corrected chi connectivity index (χ2v) is 6.71. The van der Waals surface area contributed by atoms with Crippen LogP contribution in [0.25, 0.3) is 0 Å². The first kappa shape index (κ1) is 15.5. The highest BCUT2D eigenvalue weighted by atomic mass is 32.2. The number of benzene rings is 1. The zero-order valence-corrected chi connectivity index (χ0v) is 12.8. The summed E-state index contributed by atoms with van der Waals surface area (Å²) in [7, 11) is 2.02. The minimum Gasteiger partial charge on any atom is -0.326 e. The van der Waals surface area contributed by atoms with E-state index in [-0.39, 0.29) is 5.54 Å². The van der Waals surface area contributed by atoms with E-state index in [2.05, 4.69) is 50.4 Å². The largest absolute Gasteiger partial charge is 0.326 e. The zero-order chi connectivity index (χ0) is 13.6. The quantitative estimate of drug-likeness (QED) is 0.741. The molecular formula is C15H26N2S. The fourth-order valence-electron chi connectivity index (χ4n) is 1.96. The van der Waals surface area contributed by atoms with E-state index in [1.165, 1.54) is 10.5 Å². The summed E-state index contributed by atoms with van der Waals surface area (Å²) < 4.78 is 0. The van der Waals surface area contributed by atoms with E-state index in [9.17, 15) is 0 Å². The summed E-state index contributed by atoms with van der Waals surface area (Å²) in [5.74, 6) is 1.12. The standard InChI is InChI=1S/C15H26N2S/c1-5-18-13-8-6-12(7-9-13)14(17-4)10-11-15(2,3)16/h6-9,14,17H,5,10-11,16H2,1-4H3. The molecular weight excluding hydrogens is 240 g/mol. The molecule has 0 fully saturated rings. The minimum absolute atomic E-state index is 0.0902. The van der Waals surface area contributed by atoms with Gasteiger partial charge >= 0.3 is 0 Å². The minimum atomic E-state index is -0.0902. The number of rotatable bonds is 7. The molecule has 1 atom stereocenters. The molecule has 0 amide bonds. The Hall–Kier alpha value is -0.510. The van der Waals surface area contributed by atoms with Crippen molar-refractivity contribution >= 4 is 11.8 Å². The van der Waals surface area contributed by atoms with E-state index in [0.717, 1.165) is 18.6 Å². The van der Waals surface area contributed by atoms with Crippen LogP contribution in [0.15, 0.2) is 29.2 Å². The van der Waals surface area contributed by atoms with Crippen molar-refractivity contribution in [1.82, 2.24) is 5.32 Å².